The third-order valence-electron chi connectivity index (χ3n) is 4.22. The molecule has 1 atom stereocenters. The van der Waals surface area contributed by atoms with E-state index in [0.717, 1.165) is 0 Å². The van der Waals surface area contributed by atoms with Crippen LogP contribution in [0.15, 0.2) is 48.7 Å². The van der Waals surface area contributed by atoms with Crippen molar-refractivity contribution in [3.63, 3.8) is 0 Å². The summed E-state index contributed by atoms with van der Waals surface area (Å²) in [4.78, 5) is 53.2. The number of aliphatic carboxylic acids is 1. The van der Waals surface area contributed by atoms with Crippen molar-refractivity contribution >= 4 is 23.8 Å². The summed E-state index contributed by atoms with van der Waals surface area (Å²) >= 11 is 0. The second kappa shape index (κ2) is 10.6. The van der Waals surface area contributed by atoms with Crippen molar-refractivity contribution in [3.05, 3.63) is 59.9 Å². The summed E-state index contributed by atoms with van der Waals surface area (Å²) in [5.41, 5.74) is -2.81. The first-order chi connectivity index (χ1) is 15.5. The van der Waals surface area contributed by atoms with Crippen molar-refractivity contribution in [3.8, 4) is 5.75 Å². The number of ketones is 1. The van der Waals surface area contributed by atoms with Gasteiger partial charge in [-0.2, -0.15) is 0 Å². The average Bonchev–Trinajstić information content (AvgIpc) is 2.76. The Hall–Kier alpha value is -3.95. The fourth-order valence-electron chi connectivity index (χ4n) is 2.66. The molecule has 1 aromatic carbocycles. The number of ether oxygens (including phenoxy) is 2. The fourth-order valence-corrected chi connectivity index (χ4v) is 2.66. The van der Waals surface area contributed by atoms with Gasteiger partial charge in [0.05, 0.1) is 17.8 Å². The second-order valence-corrected chi connectivity index (χ2v) is 8.03. The molecule has 0 aliphatic heterocycles. The maximum atomic E-state index is 12.8. The molecule has 1 aromatic heterocycles. The van der Waals surface area contributed by atoms with Crippen molar-refractivity contribution in [2.24, 2.45) is 0 Å². The van der Waals surface area contributed by atoms with Crippen LogP contribution in [0.4, 0.5) is 4.79 Å². The molecule has 10 nitrogen and oxygen atoms in total. The Labute approximate surface area is 191 Å². The molecule has 10 heteroatoms. The van der Waals surface area contributed by atoms with E-state index in [2.05, 4.69) is 15.6 Å². The predicted octanol–water partition coefficient (Wildman–Crippen LogP) is 2.68. The number of para-hydroxylation sites is 1. The van der Waals surface area contributed by atoms with Gasteiger partial charge in [0, 0.05) is 12.6 Å². The molecule has 176 valence electrons. The topological polar surface area (TPSA) is 144 Å². The number of nitrogens with zero attached hydrogens (tertiary/aromatic N) is 1. The van der Waals surface area contributed by atoms with Crippen LogP contribution in [0.5, 0.6) is 5.75 Å². The summed E-state index contributed by atoms with van der Waals surface area (Å²) in [6.45, 7) is 6.73. The average molecular weight is 457 g/mol. The first-order valence-electron chi connectivity index (χ1n) is 10.2. The standard InChI is InChI=1S/C23H27N3O7/c1-5-18(27)23(20(29)30,32-17-9-7-6-8-10-17)26-19(28)15-11-12-16(24-13-15)14-25-21(31)33-22(2,3)4/h6-13H,5,14H2,1-4H3,(H,25,31)(H,26,28)(H,29,30). The third-order valence-corrected chi connectivity index (χ3v) is 4.22. The van der Waals surface area contributed by atoms with Gasteiger partial charge >= 0.3 is 17.8 Å². The fraction of sp³-hybridized carbons (Fsp3) is 0.348. The number of aromatic nitrogens is 1. The van der Waals surface area contributed by atoms with Crippen molar-refractivity contribution < 1.29 is 33.8 Å². The normalized spacial score (nSPS) is 12.7. The SMILES string of the molecule is CCC(=O)C(NC(=O)c1ccc(CNC(=O)OC(C)(C)C)nc1)(Oc1ccccc1)C(=O)O. The molecular weight excluding hydrogens is 430 g/mol. The lowest BCUT2D eigenvalue weighted by molar-refractivity contribution is -0.164. The number of carboxylic acid groups (broad SMARTS) is 1. The van der Waals surface area contributed by atoms with Crippen LogP contribution in [-0.4, -0.2) is 45.2 Å². The Balaban J connectivity index is 2.16. The number of amides is 2. The highest BCUT2D eigenvalue weighted by Gasteiger charge is 2.49. The number of nitrogens with one attached hydrogen (secondary N) is 2. The lowest BCUT2D eigenvalue weighted by Crippen LogP contribution is -2.64. The first kappa shape index (κ1) is 25.3. The zero-order chi connectivity index (χ0) is 24.6. The minimum atomic E-state index is -2.61. The molecule has 2 amide bonds. The number of hydrogen-bond acceptors (Lipinski definition) is 7. The molecule has 2 aromatic rings. The first-order valence-corrected chi connectivity index (χ1v) is 10.2. The minimum absolute atomic E-state index is 0.00204. The molecule has 0 saturated heterocycles. The van der Waals surface area contributed by atoms with Crippen LogP contribution in [0.3, 0.4) is 0 Å². The predicted molar refractivity (Wildman–Crippen MR) is 118 cm³/mol. The molecule has 33 heavy (non-hydrogen) atoms. The van der Waals surface area contributed by atoms with Gasteiger partial charge in [-0.1, -0.05) is 25.1 Å². The number of carbonyl (C=O) groups excluding carboxylic acids is 3. The van der Waals surface area contributed by atoms with Crippen LogP contribution in [0, 0.1) is 0 Å². The molecule has 0 bridgehead atoms. The summed E-state index contributed by atoms with van der Waals surface area (Å²) in [5.74, 6) is -3.26. The Morgan fingerprint density at radius 3 is 2.21 bits per heavy atom. The highest BCUT2D eigenvalue weighted by atomic mass is 16.6. The molecular formula is C23H27N3O7. The van der Waals surface area contributed by atoms with Crippen molar-refractivity contribution in [2.45, 2.75) is 52.0 Å². The summed E-state index contributed by atoms with van der Waals surface area (Å²) in [6.07, 6.45) is 0.397. The van der Waals surface area contributed by atoms with Gasteiger partial charge in [-0.25, -0.2) is 9.59 Å². The zero-order valence-electron chi connectivity index (χ0n) is 18.9. The Bertz CT molecular complexity index is 1000. The van der Waals surface area contributed by atoms with E-state index >= 15 is 0 Å². The van der Waals surface area contributed by atoms with E-state index < -0.39 is 35.1 Å². The zero-order valence-corrected chi connectivity index (χ0v) is 18.9. The lowest BCUT2D eigenvalue weighted by atomic mass is 10.0. The van der Waals surface area contributed by atoms with Gasteiger partial charge < -0.3 is 19.9 Å². The Morgan fingerprint density at radius 1 is 1.03 bits per heavy atom. The number of Topliss-reactive ketones (excluding diaryl/α,β-unsaturated/α-hetero) is 1. The van der Waals surface area contributed by atoms with Gasteiger partial charge in [0.15, 0.2) is 0 Å². The molecule has 2 rings (SSSR count). The number of alkyl carbamates (subject to hydrolysis) is 1. The highest BCUT2D eigenvalue weighted by molar-refractivity contribution is 6.10. The Morgan fingerprint density at radius 2 is 1.70 bits per heavy atom. The number of carboxylic acids is 1. The molecule has 1 unspecified atom stereocenters. The molecule has 0 aliphatic rings. The van der Waals surface area contributed by atoms with Crippen molar-refractivity contribution in [1.29, 1.82) is 0 Å². The van der Waals surface area contributed by atoms with E-state index in [-0.39, 0.29) is 24.3 Å². The van der Waals surface area contributed by atoms with Crippen LogP contribution >= 0.6 is 0 Å². The molecule has 0 aliphatic carbocycles. The van der Waals surface area contributed by atoms with E-state index in [1.807, 2.05) is 0 Å². The van der Waals surface area contributed by atoms with Crippen LogP contribution in [-0.2, 0) is 20.9 Å². The maximum Gasteiger partial charge on any atom is 0.407 e. The maximum absolute atomic E-state index is 12.8. The summed E-state index contributed by atoms with van der Waals surface area (Å²) < 4.78 is 10.6. The van der Waals surface area contributed by atoms with Gasteiger partial charge in [-0.15, -0.1) is 0 Å². The molecule has 3 N–H and O–H groups in total. The van der Waals surface area contributed by atoms with Crippen LogP contribution < -0.4 is 15.4 Å². The second-order valence-electron chi connectivity index (χ2n) is 8.03. The van der Waals surface area contributed by atoms with Gasteiger partial charge in [-0.05, 0) is 45.0 Å². The van der Waals surface area contributed by atoms with E-state index in [4.69, 9.17) is 9.47 Å². The molecule has 0 radical (unpaired) electrons. The van der Waals surface area contributed by atoms with Crippen LogP contribution in [0.25, 0.3) is 0 Å². The van der Waals surface area contributed by atoms with Gasteiger partial charge in [0.1, 0.15) is 11.4 Å². The molecule has 0 saturated carbocycles. The minimum Gasteiger partial charge on any atom is -0.476 e. The van der Waals surface area contributed by atoms with E-state index in [9.17, 15) is 24.3 Å². The number of rotatable bonds is 9. The van der Waals surface area contributed by atoms with Gasteiger partial charge in [0.25, 0.3) is 5.91 Å². The van der Waals surface area contributed by atoms with Crippen LogP contribution in [0.1, 0.15) is 50.2 Å². The number of carbonyl (C=O) groups is 4. The summed E-state index contributed by atoms with van der Waals surface area (Å²) in [6, 6.07) is 10.7. The smallest absolute Gasteiger partial charge is 0.407 e. The van der Waals surface area contributed by atoms with Gasteiger partial charge in [-0.3, -0.25) is 19.9 Å². The quantitative estimate of drug-likeness (QED) is 0.385. The largest absolute Gasteiger partial charge is 0.476 e. The third kappa shape index (κ3) is 7.03. The van der Waals surface area contributed by atoms with E-state index in [0.29, 0.717) is 5.69 Å². The summed E-state index contributed by atoms with van der Waals surface area (Å²) in [7, 11) is 0. The number of pyridine rings is 1. The Kier molecular flexibility index (Phi) is 8.11. The lowest BCUT2D eigenvalue weighted by Gasteiger charge is -2.29. The number of hydrogen-bond donors (Lipinski definition) is 3. The van der Waals surface area contributed by atoms with Gasteiger partial charge in [0.2, 0.25) is 5.78 Å². The van der Waals surface area contributed by atoms with E-state index in [1.54, 1.807) is 39.0 Å². The van der Waals surface area contributed by atoms with Crippen molar-refractivity contribution in [2.75, 3.05) is 0 Å². The molecule has 1 heterocycles. The van der Waals surface area contributed by atoms with Crippen molar-refractivity contribution in [1.82, 2.24) is 15.6 Å². The number of benzene rings is 1. The summed E-state index contributed by atoms with van der Waals surface area (Å²) in [5, 5.41) is 14.5. The highest BCUT2D eigenvalue weighted by Crippen LogP contribution is 2.20. The monoisotopic (exact) mass is 457 g/mol. The molecule has 0 spiro atoms. The van der Waals surface area contributed by atoms with Crippen LogP contribution in [0.2, 0.25) is 0 Å². The molecule has 0 fully saturated rings. The van der Waals surface area contributed by atoms with E-state index in [1.165, 1.54) is 37.4 Å².